The summed E-state index contributed by atoms with van der Waals surface area (Å²) in [5.74, 6) is 2.18. The van der Waals surface area contributed by atoms with Gasteiger partial charge in [-0.1, -0.05) is 41.0 Å². The van der Waals surface area contributed by atoms with Gasteiger partial charge in [-0.25, -0.2) is 4.98 Å². The lowest BCUT2D eigenvalue weighted by molar-refractivity contribution is 0.206. The fraction of sp³-hybridized carbons (Fsp3) is 0.800. The van der Waals surface area contributed by atoms with Crippen molar-refractivity contribution < 1.29 is 0 Å². The maximum Gasteiger partial charge on any atom is 0.170 e. The van der Waals surface area contributed by atoms with E-state index in [-0.39, 0.29) is 0 Å². The summed E-state index contributed by atoms with van der Waals surface area (Å²) in [5, 5.41) is 1.13. The molecule has 2 rings (SSSR count). The lowest BCUT2D eigenvalue weighted by Gasteiger charge is -2.39. The highest BCUT2D eigenvalue weighted by Gasteiger charge is 2.35. The summed E-state index contributed by atoms with van der Waals surface area (Å²) in [7, 11) is 0. The third-order valence-electron chi connectivity index (χ3n) is 2.97. The van der Waals surface area contributed by atoms with E-state index in [0.29, 0.717) is 5.41 Å². The predicted octanol–water partition coefficient (Wildman–Crippen LogP) is 3.76. The van der Waals surface area contributed by atoms with Gasteiger partial charge in [0, 0.05) is 17.5 Å². The Morgan fingerprint density at radius 3 is 2.80 bits per heavy atom. The molecule has 1 aromatic rings. The van der Waals surface area contributed by atoms with Gasteiger partial charge in [-0.3, -0.25) is 0 Å². The molecule has 84 valence electrons. The van der Waals surface area contributed by atoms with Crippen LogP contribution in [-0.4, -0.2) is 20.4 Å². The van der Waals surface area contributed by atoms with Crippen molar-refractivity contribution in [3.05, 3.63) is 5.82 Å². The highest BCUT2D eigenvalue weighted by Crippen LogP contribution is 2.46. The van der Waals surface area contributed by atoms with Crippen molar-refractivity contribution >= 4 is 39.2 Å². The SMILES string of the molecule is CCc1nsc(SCC2(CBr)CCC2)n1. The average Bonchev–Trinajstić information content (AvgIpc) is 2.65. The van der Waals surface area contributed by atoms with E-state index in [0.717, 1.165) is 21.9 Å². The molecule has 1 aliphatic rings. The molecule has 0 N–H and O–H groups in total. The van der Waals surface area contributed by atoms with Crippen LogP contribution in [0, 0.1) is 5.41 Å². The van der Waals surface area contributed by atoms with Crippen molar-refractivity contribution in [1.82, 2.24) is 9.36 Å². The first-order chi connectivity index (χ1) is 7.28. The molecule has 1 saturated carbocycles. The molecular weight excluding hydrogens is 292 g/mol. The van der Waals surface area contributed by atoms with Gasteiger partial charge in [0.25, 0.3) is 0 Å². The van der Waals surface area contributed by atoms with Gasteiger partial charge in [0.05, 0.1) is 0 Å². The van der Waals surface area contributed by atoms with Crippen LogP contribution in [0.3, 0.4) is 0 Å². The zero-order valence-corrected chi connectivity index (χ0v) is 12.1. The van der Waals surface area contributed by atoms with Gasteiger partial charge in [0.1, 0.15) is 5.82 Å². The molecule has 1 aromatic heterocycles. The van der Waals surface area contributed by atoms with Crippen LogP contribution in [0.4, 0.5) is 0 Å². The molecule has 0 saturated heterocycles. The summed E-state index contributed by atoms with van der Waals surface area (Å²) in [6, 6.07) is 0. The monoisotopic (exact) mass is 306 g/mol. The van der Waals surface area contributed by atoms with Gasteiger partial charge in [-0.15, -0.1) is 0 Å². The van der Waals surface area contributed by atoms with E-state index >= 15 is 0 Å². The Balaban J connectivity index is 1.86. The Labute approximate surface area is 108 Å². The molecule has 0 aliphatic heterocycles. The van der Waals surface area contributed by atoms with Gasteiger partial charge >= 0.3 is 0 Å². The minimum atomic E-state index is 0.544. The first-order valence-corrected chi connectivity index (χ1v) is 8.17. The van der Waals surface area contributed by atoms with Crippen molar-refractivity contribution in [3.63, 3.8) is 0 Å². The van der Waals surface area contributed by atoms with Gasteiger partial charge in [-0.05, 0) is 29.8 Å². The molecule has 0 unspecified atom stereocenters. The molecule has 1 aliphatic carbocycles. The number of halogens is 1. The van der Waals surface area contributed by atoms with E-state index in [1.807, 2.05) is 11.8 Å². The maximum atomic E-state index is 4.48. The third-order valence-corrected chi connectivity index (χ3v) is 6.38. The minimum Gasteiger partial charge on any atom is -0.213 e. The fourth-order valence-electron chi connectivity index (χ4n) is 1.65. The van der Waals surface area contributed by atoms with Crippen LogP contribution in [-0.2, 0) is 6.42 Å². The van der Waals surface area contributed by atoms with Crippen LogP contribution < -0.4 is 0 Å². The van der Waals surface area contributed by atoms with E-state index in [4.69, 9.17) is 0 Å². The molecule has 0 bridgehead atoms. The highest BCUT2D eigenvalue weighted by molar-refractivity contribution is 9.09. The van der Waals surface area contributed by atoms with Crippen molar-refractivity contribution in [2.75, 3.05) is 11.1 Å². The molecular formula is C10H15BrN2S2. The summed E-state index contributed by atoms with van der Waals surface area (Å²) in [5.41, 5.74) is 0.544. The molecule has 1 heterocycles. The standard InChI is InChI=1S/C10H15BrN2S2/c1-2-8-12-9(15-13-8)14-7-10(6-11)4-3-5-10/h2-7H2,1H3. The van der Waals surface area contributed by atoms with Crippen molar-refractivity contribution in [3.8, 4) is 0 Å². The van der Waals surface area contributed by atoms with Crippen LogP contribution >= 0.6 is 39.2 Å². The summed E-state index contributed by atoms with van der Waals surface area (Å²) in [6.45, 7) is 2.10. The number of hydrogen-bond acceptors (Lipinski definition) is 4. The number of nitrogens with zero attached hydrogens (tertiary/aromatic N) is 2. The molecule has 5 heteroatoms. The van der Waals surface area contributed by atoms with Gasteiger partial charge in [0.2, 0.25) is 0 Å². The summed E-state index contributed by atoms with van der Waals surface area (Å²) in [6.07, 6.45) is 5.07. The molecule has 0 radical (unpaired) electrons. The molecule has 1 fully saturated rings. The smallest absolute Gasteiger partial charge is 0.170 e. The van der Waals surface area contributed by atoms with Gasteiger partial charge in [0.15, 0.2) is 4.34 Å². The molecule has 2 nitrogen and oxygen atoms in total. The largest absolute Gasteiger partial charge is 0.213 e. The fourth-order valence-corrected chi connectivity index (χ4v) is 4.66. The van der Waals surface area contributed by atoms with Gasteiger partial charge < -0.3 is 0 Å². The number of rotatable bonds is 5. The predicted molar refractivity (Wildman–Crippen MR) is 70.1 cm³/mol. The number of aryl methyl sites for hydroxylation is 1. The van der Waals surface area contributed by atoms with E-state index in [1.165, 1.54) is 25.0 Å². The summed E-state index contributed by atoms with van der Waals surface area (Å²) >= 11 is 7.06. The van der Waals surface area contributed by atoms with Crippen LogP contribution in [0.25, 0.3) is 0 Å². The van der Waals surface area contributed by atoms with Crippen molar-refractivity contribution in [2.24, 2.45) is 5.41 Å². The van der Waals surface area contributed by atoms with Crippen LogP contribution in [0.2, 0.25) is 0 Å². The Bertz CT molecular complexity index is 317. The first-order valence-electron chi connectivity index (χ1n) is 5.29. The molecule has 0 atom stereocenters. The van der Waals surface area contributed by atoms with Crippen LogP contribution in [0.1, 0.15) is 32.0 Å². The number of thioether (sulfide) groups is 1. The molecule has 15 heavy (non-hydrogen) atoms. The maximum absolute atomic E-state index is 4.48. The zero-order valence-electron chi connectivity index (χ0n) is 8.83. The van der Waals surface area contributed by atoms with Crippen LogP contribution in [0.5, 0.6) is 0 Å². The van der Waals surface area contributed by atoms with E-state index in [9.17, 15) is 0 Å². The Morgan fingerprint density at radius 2 is 2.33 bits per heavy atom. The topological polar surface area (TPSA) is 25.8 Å². The van der Waals surface area contributed by atoms with Crippen molar-refractivity contribution in [2.45, 2.75) is 36.9 Å². The molecule has 0 amide bonds. The summed E-state index contributed by atoms with van der Waals surface area (Å²) < 4.78 is 5.44. The van der Waals surface area contributed by atoms with E-state index in [1.54, 1.807) is 11.5 Å². The van der Waals surface area contributed by atoms with Crippen LogP contribution in [0.15, 0.2) is 4.34 Å². The van der Waals surface area contributed by atoms with E-state index in [2.05, 4.69) is 32.2 Å². The second kappa shape index (κ2) is 5.15. The number of aromatic nitrogens is 2. The number of alkyl halides is 1. The second-order valence-electron chi connectivity index (χ2n) is 4.11. The zero-order chi connectivity index (χ0) is 10.7. The second-order valence-corrected chi connectivity index (χ2v) is 6.64. The normalized spacial score (nSPS) is 18.8. The minimum absolute atomic E-state index is 0.544. The Kier molecular flexibility index (Phi) is 4.07. The lowest BCUT2D eigenvalue weighted by atomic mass is 9.72. The quantitative estimate of drug-likeness (QED) is 0.612. The summed E-state index contributed by atoms with van der Waals surface area (Å²) in [4.78, 5) is 4.48. The Hall–Kier alpha value is 0.390. The third kappa shape index (κ3) is 2.74. The van der Waals surface area contributed by atoms with E-state index < -0.39 is 0 Å². The first kappa shape index (κ1) is 11.9. The highest BCUT2D eigenvalue weighted by atomic mass is 79.9. The average molecular weight is 307 g/mol. The van der Waals surface area contributed by atoms with Gasteiger partial charge in [-0.2, -0.15) is 4.37 Å². The van der Waals surface area contributed by atoms with Crippen molar-refractivity contribution in [1.29, 1.82) is 0 Å². The molecule has 0 aromatic carbocycles. The Morgan fingerprint density at radius 1 is 1.53 bits per heavy atom. The number of hydrogen-bond donors (Lipinski definition) is 0. The molecule has 0 spiro atoms. The lowest BCUT2D eigenvalue weighted by Crippen LogP contribution is -2.33.